The summed E-state index contributed by atoms with van der Waals surface area (Å²) in [7, 11) is 0. The van der Waals surface area contributed by atoms with E-state index >= 15 is 0 Å². The number of nitrogens with zero attached hydrogens (tertiary/aromatic N) is 2. The second-order valence-electron chi connectivity index (χ2n) is 5.27. The molecule has 0 saturated heterocycles. The fourth-order valence-corrected chi connectivity index (χ4v) is 2.84. The molecule has 0 aliphatic heterocycles. The molecule has 1 heterocycles. The second kappa shape index (κ2) is 4.91. The van der Waals surface area contributed by atoms with E-state index in [0.29, 0.717) is 18.7 Å². The van der Waals surface area contributed by atoms with Gasteiger partial charge in [0, 0.05) is 18.1 Å². The predicted molar refractivity (Wildman–Crippen MR) is 83.4 cm³/mol. The fourth-order valence-electron chi connectivity index (χ4n) is 2.84. The van der Waals surface area contributed by atoms with Gasteiger partial charge in [-0.05, 0) is 24.6 Å². The third-order valence-electron chi connectivity index (χ3n) is 3.85. The zero-order valence-electron chi connectivity index (χ0n) is 12.2. The molecular weight excluding hydrogens is 276 g/mol. The Hall–Kier alpha value is -2.75. The van der Waals surface area contributed by atoms with Crippen molar-refractivity contribution < 1.29 is 9.53 Å². The molecule has 0 atom stereocenters. The van der Waals surface area contributed by atoms with Gasteiger partial charge in [-0.15, -0.1) is 0 Å². The van der Waals surface area contributed by atoms with E-state index in [2.05, 4.69) is 9.97 Å². The average molecular weight is 290 g/mol. The first-order chi connectivity index (χ1) is 10.8. The van der Waals surface area contributed by atoms with Crippen LogP contribution in [-0.4, -0.2) is 22.4 Å². The molecule has 4 rings (SSSR count). The van der Waals surface area contributed by atoms with Crippen LogP contribution in [0.1, 0.15) is 34.2 Å². The normalized spacial score (nSPS) is 12.9. The number of ether oxygens (including phenoxy) is 1. The van der Waals surface area contributed by atoms with E-state index in [9.17, 15) is 4.79 Å². The molecule has 0 saturated carbocycles. The van der Waals surface area contributed by atoms with Crippen molar-refractivity contribution in [3.05, 3.63) is 65.0 Å². The van der Waals surface area contributed by atoms with E-state index in [1.54, 1.807) is 0 Å². The van der Waals surface area contributed by atoms with E-state index in [0.717, 1.165) is 33.6 Å². The summed E-state index contributed by atoms with van der Waals surface area (Å²) < 4.78 is 5.50. The monoisotopic (exact) mass is 290 g/mol. The molecule has 0 N–H and O–H groups in total. The molecule has 0 radical (unpaired) electrons. The minimum Gasteiger partial charge on any atom is -0.494 e. The Morgan fingerprint density at radius 3 is 2.82 bits per heavy atom. The molecule has 1 aliphatic rings. The van der Waals surface area contributed by atoms with Crippen molar-refractivity contribution in [1.29, 1.82) is 0 Å². The van der Waals surface area contributed by atoms with Crippen LogP contribution < -0.4 is 4.74 Å². The lowest BCUT2D eigenvalue weighted by atomic mass is 9.91. The maximum Gasteiger partial charge on any atom is 0.213 e. The van der Waals surface area contributed by atoms with E-state index in [4.69, 9.17) is 4.74 Å². The highest BCUT2D eigenvalue weighted by Gasteiger charge is 2.25. The van der Waals surface area contributed by atoms with Gasteiger partial charge < -0.3 is 4.74 Å². The van der Waals surface area contributed by atoms with Gasteiger partial charge in [0.1, 0.15) is 11.4 Å². The molecule has 0 unspecified atom stereocenters. The van der Waals surface area contributed by atoms with Gasteiger partial charge in [-0.1, -0.05) is 24.3 Å². The Kier molecular flexibility index (Phi) is 2.89. The molecule has 2 aromatic carbocycles. The SMILES string of the molecule is CCOc1ccc2nc3c(nc2c1)Cc1ccccc1C3=O. The predicted octanol–water partition coefficient (Wildman–Crippen LogP) is 3.16. The Morgan fingerprint density at radius 2 is 1.95 bits per heavy atom. The van der Waals surface area contributed by atoms with Crippen molar-refractivity contribution in [2.75, 3.05) is 6.61 Å². The summed E-state index contributed by atoms with van der Waals surface area (Å²) in [6, 6.07) is 13.2. The average Bonchev–Trinajstić information content (AvgIpc) is 2.54. The number of rotatable bonds is 2. The first kappa shape index (κ1) is 13.0. The third kappa shape index (κ3) is 1.96. The smallest absolute Gasteiger partial charge is 0.213 e. The van der Waals surface area contributed by atoms with Gasteiger partial charge in [0.15, 0.2) is 0 Å². The summed E-state index contributed by atoms with van der Waals surface area (Å²) in [5.41, 5.74) is 4.43. The van der Waals surface area contributed by atoms with Gasteiger partial charge in [-0.3, -0.25) is 4.79 Å². The van der Waals surface area contributed by atoms with Crippen LogP contribution in [0.2, 0.25) is 0 Å². The lowest BCUT2D eigenvalue weighted by Gasteiger charge is -2.17. The molecule has 3 aromatic rings. The van der Waals surface area contributed by atoms with Gasteiger partial charge in [0.05, 0.1) is 23.3 Å². The van der Waals surface area contributed by atoms with E-state index in [1.807, 2.05) is 49.4 Å². The number of carbonyl (C=O) groups excluding carboxylic acids is 1. The molecule has 22 heavy (non-hydrogen) atoms. The lowest BCUT2D eigenvalue weighted by molar-refractivity contribution is 0.103. The van der Waals surface area contributed by atoms with Crippen LogP contribution in [0.15, 0.2) is 42.5 Å². The molecule has 0 bridgehead atoms. The summed E-state index contributed by atoms with van der Waals surface area (Å²) in [6.07, 6.45) is 0.638. The van der Waals surface area contributed by atoms with Crippen LogP contribution in [0, 0.1) is 0 Å². The minimum atomic E-state index is -0.0415. The van der Waals surface area contributed by atoms with E-state index < -0.39 is 0 Å². The van der Waals surface area contributed by atoms with Crippen molar-refractivity contribution in [3.8, 4) is 5.75 Å². The summed E-state index contributed by atoms with van der Waals surface area (Å²) in [6.45, 7) is 2.55. The first-order valence-corrected chi connectivity index (χ1v) is 7.32. The molecule has 108 valence electrons. The number of hydrogen-bond acceptors (Lipinski definition) is 4. The van der Waals surface area contributed by atoms with E-state index in [-0.39, 0.29) is 5.78 Å². The van der Waals surface area contributed by atoms with Crippen LogP contribution >= 0.6 is 0 Å². The highest BCUT2D eigenvalue weighted by molar-refractivity contribution is 6.11. The molecule has 1 aliphatic carbocycles. The van der Waals surface area contributed by atoms with Crippen LogP contribution in [0.25, 0.3) is 11.0 Å². The minimum absolute atomic E-state index is 0.0415. The van der Waals surface area contributed by atoms with Crippen molar-refractivity contribution in [2.24, 2.45) is 0 Å². The molecule has 4 nitrogen and oxygen atoms in total. The highest BCUT2D eigenvalue weighted by atomic mass is 16.5. The van der Waals surface area contributed by atoms with Crippen LogP contribution in [0.5, 0.6) is 5.75 Å². The lowest BCUT2D eigenvalue weighted by Crippen LogP contribution is -2.18. The largest absolute Gasteiger partial charge is 0.494 e. The van der Waals surface area contributed by atoms with Gasteiger partial charge in [0.25, 0.3) is 0 Å². The van der Waals surface area contributed by atoms with Crippen molar-refractivity contribution in [2.45, 2.75) is 13.3 Å². The molecular formula is C18H14N2O2. The molecule has 1 aromatic heterocycles. The first-order valence-electron chi connectivity index (χ1n) is 7.32. The van der Waals surface area contributed by atoms with Gasteiger partial charge in [0.2, 0.25) is 5.78 Å². The number of carbonyl (C=O) groups is 1. The maximum absolute atomic E-state index is 12.6. The Labute approximate surface area is 127 Å². The van der Waals surface area contributed by atoms with Gasteiger partial charge in [-0.2, -0.15) is 0 Å². The summed E-state index contributed by atoms with van der Waals surface area (Å²) in [5.74, 6) is 0.729. The fraction of sp³-hybridized carbons (Fsp3) is 0.167. The standard InChI is InChI=1S/C18H14N2O2/c1-2-22-12-7-8-14-15(10-12)19-16-9-11-5-3-4-6-13(11)18(21)17(16)20-14/h3-8,10H,2,9H2,1H3. The number of fused-ring (bicyclic) bond motifs is 3. The van der Waals surface area contributed by atoms with E-state index in [1.165, 1.54) is 0 Å². The van der Waals surface area contributed by atoms with Crippen LogP contribution in [0.4, 0.5) is 0 Å². The Bertz CT molecular complexity index is 903. The van der Waals surface area contributed by atoms with Crippen molar-refractivity contribution in [1.82, 2.24) is 9.97 Å². The van der Waals surface area contributed by atoms with Crippen LogP contribution in [0.3, 0.4) is 0 Å². The quantitative estimate of drug-likeness (QED) is 0.569. The number of hydrogen-bond donors (Lipinski definition) is 0. The Balaban J connectivity index is 1.88. The summed E-state index contributed by atoms with van der Waals surface area (Å²) >= 11 is 0. The highest BCUT2D eigenvalue weighted by Crippen LogP contribution is 2.27. The number of aromatic nitrogens is 2. The van der Waals surface area contributed by atoms with Crippen molar-refractivity contribution >= 4 is 16.8 Å². The van der Waals surface area contributed by atoms with Crippen molar-refractivity contribution in [3.63, 3.8) is 0 Å². The maximum atomic E-state index is 12.6. The number of ketones is 1. The third-order valence-corrected chi connectivity index (χ3v) is 3.85. The topological polar surface area (TPSA) is 52.1 Å². The number of benzene rings is 2. The zero-order chi connectivity index (χ0) is 15.1. The van der Waals surface area contributed by atoms with Gasteiger partial charge >= 0.3 is 0 Å². The van der Waals surface area contributed by atoms with Gasteiger partial charge in [-0.25, -0.2) is 9.97 Å². The van der Waals surface area contributed by atoms with Crippen LogP contribution in [-0.2, 0) is 6.42 Å². The second-order valence-corrected chi connectivity index (χ2v) is 5.27. The zero-order valence-corrected chi connectivity index (χ0v) is 12.2. The summed E-state index contributed by atoms with van der Waals surface area (Å²) in [5, 5.41) is 0. The molecule has 0 spiro atoms. The Morgan fingerprint density at radius 1 is 1.09 bits per heavy atom. The molecule has 4 heteroatoms. The molecule has 0 amide bonds. The summed E-state index contributed by atoms with van der Waals surface area (Å²) in [4.78, 5) is 21.8. The molecule has 0 fully saturated rings.